The van der Waals surface area contributed by atoms with Crippen LogP contribution in [0.2, 0.25) is 0 Å². The molecule has 0 saturated heterocycles. The van der Waals surface area contributed by atoms with Gasteiger partial charge in [-0.2, -0.15) is 5.10 Å². The van der Waals surface area contributed by atoms with Crippen molar-refractivity contribution in [2.24, 2.45) is 0 Å². The number of hydrogen-bond donors (Lipinski definition) is 1. The fraction of sp³-hybridized carbons (Fsp3) is 0.261. The van der Waals surface area contributed by atoms with Crippen LogP contribution in [0.1, 0.15) is 17.0 Å². The number of para-hydroxylation sites is 1. The lowest BCUT2D eigenvalue weighted by molar-refractivity contribution is 0.0905. The van der Waals surface area contributed by atoms with Crippen molar-refractivity contribution < 1.29 is 9.84 Å². The van der Waals surface area contributed by atoms with E-state index in [0.717, 1.165) is 22.6 Å². The molecule has 7 heteroatoms. The largest absolute Gasteiger partial charge is 0.491 e. The SMILES string of the molecule is Cc1ccc(C)c(OC[C@@H](O)Cn2c(C)nc3c(cnn3-c3ccccc3)c2=O)c1. The van der Waals surface area contributed by atoms with Crippen molar-refractivity contribution in [3.05, 3.63) is 82.0 Å². The molecule has 1 atom stereocenters. The first-order valence-corrected chi connectivity index (χ1v) is 9.83. The average Bonchev–Trinajstić information content (AvgIpc) is 3.16. The number of hydrogen-bond acceptors (Lipinski definition) is 5. The van der Waals surface area contributed by atoms with Crippen LogP contribution < -0.4 is 10.3 Å². The molecule has 2 aromatic carbocycles. The molecule has 0 spiro atoms. The third-order valence-corrected chi connectivity index (χ3v) is 5.05. The zero-order valence-electron chi connectivity index (χ0n) is 17.2. The molecule has 0 fully saturated rings. The Morgan fingerprint density at radius 1 is 1.10 bits per heavy atom. The standard InChI is InChI=1S/C23H24N4O3/c1-15-9-10-16(2)21(11-15)30-14-19(28)13-26-17(3)25-22-20(23(26)29)12-24-27(22)18-7-5-4-6-8-18/h4-12,19,28H,13-14H2,1-3H3/t19-/m0/s1. The van der Waals surface area contributed by atoms with Crippen LogP contribution in [0.5, 0.6) is 5.75 Å². The summed E-state index contributed by atoms with van der Waals surface area (Å²) < 4.78 is 8.89. The van der Waals surface area contributed by atoms with Crippen LogP contribution in [0.3, 0.4) is 0 Å². The van der Waals surface area contributed by atoms with Gasteiger partial charge in [0, 0.05) is 0 Å². The Balaban J connectivity index is 1.57. The average molecular weight is 404 g/mol. The highest BCUT2D eigenvalue weighted by molar-refractivity contribution is 5.75. The summed E-state index contributed by atoms with van der Waals surface area (Å²) in [6.07, 6.45) is 0.664. The molecular formula is C23H24N4O3. The number of aromatic nitrogens is 4. The fourth-order valence-electron chi connectivity index (χ4n) is 3.39. The van der Waals surface area contributed by atoms with Crippen LogP contribution in [0.15, 0.2) is 59.5 Å². The van der Waals surface area contributed by atoms with E-state index in [0.29, 0.717) is 16.9 Å². The van der Waals surface area contributed by atoms with Crippen LogP contribution >= 0.6 is 0 Å². The molecule has 2 aromatic heterocycles. The molecule has 0 aliphatic rings. The van der Waals surface area contributed by atoms with E-state index in [1.54, 1.807) is 11.6 Å². The van der Waals surface area contributed by atoms with Gasteiger partial charge in [-0.3, -0.25) is 9.36 Å². The first-order chi connectivity index (χ1) is 14.4. The maximum atomic E-state index is 13.0. The van der Waals surface area contributed by atoms with Crippen molar-refractivity contribution in [3.63, 3.8) is 0 Å². The van der Waals surface area contributed by atoms with Gasteiger partial charge in [0.2, 0.25) is 0 Å². The van der Waals surface area contributed by atoms with E-state index < -0.39 is 6.10 Å². The molecule has 0 saturated carbocycles. The van der Waals surface area contributed by atoms with Gasteiger partial charge in [-0.05, 0) is 50.1 Å². The first-order valence-electron chi connectivity index (χ1n) is 9.83. The third-order valence-electron chi connectivity index (χ3n) is 5.05. The van der Waals surface area contributed by atoms with Crippen molar-refractivity contribution in [3.8, 4) is 11.4 Å². The zero-order valence-corrected chi connectivity index (χ0v) is 17.2. The normalized spacial score (nSPS) is 12.3. The van der Waals surface area contributed by atoms with Crippen molar-refractivity contribution >= 4 is 11.0 Å². The van der Waals surface area contributed by atoms with E-state index in [9.17, 15) is 9.90 Å². The van der Waals surface area contributed by atoms with Gasteiger partial charge in [0.05, 0.1) is 18.4 Å². The van der Waals surface area contributed by atoms with E-state index in [-0.39, 0.29) is 18.7 Å². The predicted molar refractivity (Wildman–Crippen MR) is 115 cm³/mol. The lowest BCUT2D eigenvalue weighted by Gasteiger charge is -2.17. The summed E-state index contributed by atoms with van der Waals surface area (Å²) in [5, 5.41) is 15.2. The first kappa shape index (κ1) is 19.8. The van der Waals surface area contributed by atoms with Crippen molar-refractivity contribution in [2.75, 3.05) is 6.61 Å². The third kappa shape index (κ3) is 3.84. The Hall–Kier alpha value is -3.45. The van der Waals surface area contributed by atoms with Gasteiger partial charge in [0.15, 0.2) is 5.65 Å². The molecule has 0 unspecified atom stereocenters. The van der Waals surface area contributed by atoms with Gasteiger partial charge >= 0.3 is 0 Å². The van der Waals surface area contributed by atoms with Crippen molar-refractivity contribution in [1.82, 2.24) is 19.3 Å². The molecule has 154 valence electrons. The summed E-state index contributed by atoms with van der Waals surface area (Å²) in [4.78, 5) is 17.6. The number of fused-ring (bicyclic) bond motifs is 1. The zero-order chi connectivity index (χ0) is 21.3. The number of aliphatic hydroxyl groups excluding tert-OH is 1. The number of aliphatic hydroxyl groups is 1. The smallest absolute Gasteiger partial charge is 0.264 e. The maximum absolute atomic E-state index is 13.0. The monoisotopic (exact) mass is 404 g/mol. The Kier molecular flexibility index (Phi) is 5.37. The Bertz CT molecular complexity index is 1240. The molecule has 0 aliphatic carbocycles. The van der Waals surface area contributed by atoms with Crippen molar-refractivity contribution in [1.29, 1.82) is 0 Å². The summed E-state index contributed by atoms with van der Waals surface area (Å²) in [6.45, 7) is 5.87. The minimum absolute atomic E-state index is 0.0808. The van der Waals surface area contributed by atoms with E-state index >= 15 is 0 Å². The highest BCUT2D eigenvalue weighted by atomic mass is 16.5. The van der Waals surface area contributed by atoms with Crippen LogP contribution in [-0.4, -0.2) is 37.1 Å². The summed E-state index contributed by atoms with van der Waals surface area (Å²) in [5.74, 6) is 1.24. The minimum atomic E-state index is -0.857. The van der Waals surface area contributed by atoms with Gasteiger partial charge in [-0.1, -0.05) is 30.3 Å². The van der Waals surface area contributed by atoms with Crippen LogP contribution in [0.25, 0.3) is 16.7 Å². The minimum Gasteiger partial charge on any atom is -0.491 e. The number of rotatable bonds is 6. The lowest BCUT2D eigenvalue weighted by atomic mass is 10.1. The molecular weight excluding hydrogens is 380 g/mol. The molecule has 2 heterocycles. The molecule has 0 amide bonds. The second kappa shape index (κ2) is 8.12. The molecule has 0 aliphatic heterocycles. The molecule has 0 radical (unpaired) electrons. The van der Waals surface area contributed by atoms with Gasteiger partial charge in [0.25, 0.3) is 5.56 Å². The summed E-state index contributed by atoms with van der Waals surface area (Å²) in [5.41, 5.74) is 3.19. The Morgan fingerprint density at radius 2 is 1.87 bits per heavy atom. The fourth-order valence-corrected chi connectivity index (χ4v) is 3.39. The van der Waals surface area contributed by atoms with Crippen LogP contribution in [-0.2, 0) is 6.54 Å². The molecule has 1 N–H and O–H groups in total. The molecule has 4 rings (SSSR count). The lowest BCUT2D eigenvalue weighted by Crippen LogP contribution is -2.32. The number of aryl methyl sites for hydroxylation is 3. The maximum Gasteiger partial charge on any atom is 0.264 e. The molecule has 7 nitrogen and oxygen atoms in total. The summed E-state index contributed by atoms with van der Waals surface area (Å²) >= 11 is 0. The van der Waals surface area contributed by atoms with Crippen LogP contribution in [0.4, 0.5) is 0 Å². The highest BCUT2D eigenvalue weighted by Gasteiger charge is 2.17. The molecule has 0 bridgehead atoms. The highest BCUT2D eigenvalue weighted by Crippen LogP contribution is 2.19. The summed E-state index contributed by atoms with van der Waals surface area (Å²) in [6, 6.07) is 15.5. The number of ether oxygens (including phenoxy) is 1. The number of benzene rings is 2. The second-order valence-corrected chi connectivity index (χ2v) is 7.44. The Morgan fingerprint density at radius 3 is 2.63 bits per heavy atom. The van der Waals surface area contributed by atoms with Gasteiger partial charge in [-0.25, -0.2) is 9.67 Å². The molecule has 30 heavy (non-hydrogen) atoms. The van der Waals surface area contributed by atoms with Gasteiger partial charge < -0.3 is 9.84 Å². The van der Waals surface area contributed by atoms with Crippen LogP contribution in [0, 0.1) is 20.8 Å². The van der Waals surface area contributed by atoms with E-state index in [1.807, 2.05) is 62.4 Å². The van der Waals surface area contributed by atoms with Gasteiger partial charge in [-0.15, -0.1) is 0 Å². The summed E-state index contributed by atoms with van der Waals surface area (Å²) in [7, 11) is 0. The van der Waals surface area contributed by atoms with Crippen molar-refractivity contribution in [2.45, 2.75) is 33.4 Å². The predicted octanol–water partition coefficient (Wildman–Crippen LogP) is 2.95. The topological polar surface area (TPSA) is 82.2 Å². The Labute approximate surface area is 174 Å². The van der Waals surface area contributed by atoms with E-state index in [1.165, 1.54) is 10.8 Å². The quantitative estimate of drug-likeness (QED) is 0.534. The molecule has 4 aromatic rings. The number of nitrogens with zero attached hydrogens (tertiary/aromatic N) is 4. The van der Waals surface area contributed by atoms with E-state index in [2.05, 4.69) is 10.1 Å². The second-order valence-electron chi connectivity index (χ2n) is 7.44. The van der Waals surface area contributed by atoms with E-state index in [4.69, 9.17) is 4.74 Å². The van der Waals surface area contributed by atoms with Gasteiger partial charge in [0.1, 0.15) is 29.7 Å².